The second kappa shape index (κ2) is 9.25. The number of aromatic nitrogens is 2. The highest BCUT2D eigenvalue weighted by atomic mass is 35.5. The van der Waals surface area contributed by atoms with Gasteiger partial charge >= 0.3 is 17.9 Å². The molecule has 3 N–H and O–H groups in total. The number of nitrogens with one attached hydrogen (secondary N) is 1. The van der Waals surface area contributed by atoms with E-state index in [-0.39, 0.29) is 29.4 Å². The van der Waals surface area contributed by atoms with Crippen LogP contribution in [0, 0.1) is 10.6 Å². The molecule has 1 aliphatic heterocycles. The number of ether oxygens (including phenoxy) is 1. The Bertz CT molecular complexity index is 1380. The first kappa shape index (κ1) is 26.3. The van der Waals surface area contributed by atoms with Gasteiger partial charge in [-0.25, -0.2) is 13.4 Å². The number of hydrogen-bond donors (Lipinski definition) is 2. The van der Waals surface area contributed by atoms with Gasteiger partial charge in [0.05, 0.1) is 31.6 Å². The Labute approximate surface area is 207 Å². The van der Waals surface area contributed by atoms with Gasteiger partial charge in [0, 0.05) is 31.3 Å². The van der Waals surface area contributed by atoms with Crippen molar-refractivity contribution in [3.8, 4) is 11.4 Å². The summed E-state index contributed by atoms with van der Waals surface area (Å²) in [6, 6.07) is 8.01. The van der Waals surface area contributed by atoms with Crippen molar-refractivity contribution >= 4 is 27.0 Å². The smallest absolute Gasteiger partial charge is 0.365 e. The lowest BCUT2D eigenvalue weighted by molar-refractivity contribution is -0.342. The fraction of sp³-hybridized carbons (Fsp3) is 0.333. The van der Waals surface area contributed by atoms with Crippen LogP contribution in [0.4, 0.5) is 27.6 Å². The average Bonchev–Trinajstić information content (AvgIpc) is 3.25. The zero-order chi connectivity index (χ0) is 26.5. The molecule has 36 heavy (non-hydrogen) atoms. The molecule has 15 heteroatoms. The van der Waals surface area contributed by atoms with Crippen molar-refractivity contribution in [3.05, 3.63) is 58.7 Å². The highest BCUT2D eigenvalue weighted by molar-refractivity contribution is 7.92. The maximum Gasteiger partial charge on any atom is 0.458 e. The zero-order valence-electron chi connectivity index (χ0n) is 18.5. The average molecular weight is 552 g/mol. The lowest BCUT2D eigenvalue weighted by Crippen LogP contribution is -2.40. The number of halogens is 6. The molecule has 0 saturated carbocycles. The number of anilines is 1. The summed E-state index contributed by atoms with van der Waals surface area (Å²) in [4.78, 5) is 4.88. The van der Waals surface area contributed by atoms with Crippen molar-refractivity contribution in [1.29, 1.82) is 4.78 Å². The van der Waals surface area contributed by atoms with Gasteiger partial charge in [-0.05, 0) is 29.8 Å². The third-order valence-corrected chi connectivity index (χ3v) is 7.71. The largest absolute Gasteiger partial charge is 0.458 e. The summed E-state index contributed by atoms with van der Waals surface area (Å²) < 4.78 is 98.9. The summed E-state index contributed by atoms with van der Waals surface area (Å²) in [7, 11) is -3.08. The molecule has 4 rings (SSSR count). The van der Waals surface area contributed by atoms with E-state index in [0.29, 0.717) is 12.1 Å². The number of hydrogen-bond acceptors (Lipinski definition) is 8. The Balaban J connectivity index is 1.83. The minimum Gasteiger partial charge on any atom is -0.365 e. The molecule has 3 atom stereocenters. The second-order valence-corrected chi connectivity index (χ2v) is 10.7. The van der Waals surface area contributed by atoms with Crippen LogP contribution >= 0.6 is 11.6 Å². The van der Waals surface area contributed by atoms with Crippen molar-refractivity contribution in [2.75, 3.05) is 24.3 Å². The highest BCUT2D eigenvalue weighted by Gasteiger charge is 2.63. The molecule has 2 unspecified atom stereocenters. The number of rotatable bonds is 5. The standard InChI is InChI=1S/C21H19ClF5N5O3S/c1-34-20(24,21(25,26)27)19-30-18(31-35-19)14-6-16-17(7-15(14)23)36(29,33)10-13(28)9-32(16)8-11-2-4-12(22)5-3-11/h2-7,13,29H,8-10,28H2,1H3/t13-,20?,36?/m1/s1. The maximum atomic E-state index is 15.1. The lowest BCUT2D eigenvalue weighted by Gasteiger charge is -2.26. The first-order valence-corrected chi connectivity index (χ1v) is 12.4. The van der Waals surface area contributed by atoms with Crippen molar-refractivity contribution in [3.63, 3.8) is 0 Å². The molecule has 0 saturated heterocycles. The van der Waals surface area contributed by atoms with Crippen LogP contribution in [-0.2, 0) is 26.9 Å². The third-order valence-electron chi connectivity index (χ3n) is 5.52. The first-order chi connectivity index (χ1) is 16.7. The third kappa shape index (κ3) is 4.77. The molecule has 3 aromatic rings. The van der Waals surface area contributed by atoms with Crippen LogP contribution < -0.4 is 10.6 Å². The highest BCUT2D eigenvalue weighted by Crippen LogP contribution is 2.43. The van der Waals surface area contributed by atoms with Gasteiger partial charge < -0.3 is 19.9 Å². The predicted molar refractivity (Wildman–Crippen MR) is 120 cm³/mol. The molecule has 2 heterocycles. The van der Waals surface area contributed by atoms with Crippen molar-refractivity contribution in [2.45, 2.75) is 29.5 Å². The molecule has 2 aromatic carbocycles. The molecule has 1 aliphatic rings. The Hall–Kier alpha value is -2.81. The molecule has 0 amide bonds. The van der Waals surface area contributed by atoms with Crippen LogP contribution in [0.15, 0.2) is 45.8 Å². The molecular weight excluding hydrogens is 533 g/mol. The molecular formula is C21H19ClF5N5O3S. The van der Waals surface area contributed by atoms with Gasteiger partial charge in [-0.2, -0.15) is 22.5 Å². The van der Waals surface area contributed by atoms with Crippen molar-refractivity contribution < 1.29 is 35.4 Å². The molecule has 0 bridgehead atoms. The van der Waals surface area contributed by atoms with E-state index in [1.54, 1.807) is 29.2 Å². The quantitative estimate of drug-likeness (QED) is 0.444. The van der Waals surface area contributed by atoms with Crippen LogP contribution in [0.3, 0.4) is 0 Å². The van der Waals surface area contributed by atoms with E-state index in [1.807, 2.05) is 0 Å². The van der Waals surface area contributed by atoms with Gasteiger partial charge in [-0.3, -0.25) is 0 Å². The summed E-state index contributed by atoms with van der Waals surface area (Å²) in [6.45, 7) is 0.320. The molecule has 0 spiro atoms. The number of fused-ring (bicyclic) bond motifs is 1. The molecule has 0 fully saturated rings. The van der Waals surface area contributed by atoms with E-state index >= 15 is 4.39 Å². The fourth-order valence-corrected chi connectivity index (χ4v) is 5.63. The first-order valence-electron chi connectivity index (χ1n) is 10.3. The van der Waals surface area contributed by atoms with Gasteiger partial charge in [-0.15, -0.1) is 0 Å². The Morgan fingerprint density at radius 3 is 2.56 bits per heavy atom. The Morgan fingerprint density at radius 1 is 1.28 bits per heavy atom. The van der Waals surface area contributed by atoms with E-state index < -0.39 is 50.9 Å². The Morgan fingerprint density at radius 2 is 1.94 bits per heavy atom. The van der Waals surface area contributed by atoms with Crippen LogP contribution in [-0.4, -0.2) is 46.0 Å². The maximum absolute atomic E-state index is 15.1. The Kier molecular flexibility index (Phi) is 6.75. The van der Waals surface area contributed by atoms with Crippen molar-refractivity contribution in [2.24, 2.45) is 5.73 Å². The van der Waals surface area contributed by atoms with Crippen LogP contribution in [0.1, 0.15) is 11.5 Å². The van der Waals surface area contributed by atoms with E-state index in [2.05, 4.69) is 19.4 Å². The monoisotopic (exact) mass is 551 g/mol. The van der Waals surface area contributed by atoms with E-state index in [9.17, 15) is 21.8 Å². The van der Waals surface area contributed by atoms with E-state index in [0.717, 1.165) is 17.7 Å². The number of nitrogens with zero attached hydrogens (tertiary/aromatic N) is 3. The van der Waals surface area contributed by atoms with Gasteiger partial charge in [0.15, 0.2) is 0 Å². The van der Waals surface area contributed by atoms with E-state index in [4.69, 9.17) is 22.1 Å². The minimum atomic E-state index is -5.56. The van der Waals surface area contributed by atoms with Gasteiger partial charge in [0.1, 0.15) is 5.82 Å². The number of benzene rings is 2. The molecule has 0 radical (unpaired) electrons. The van der Waals surface area contributed by atoms with Crippen LogP contribution in [0.25, 0.3) is 11.4 Å². The topological polar surface area (TPSA) is 118 Å². The van der Waals surface area contributed by atoms with Gasteiger partial charge in [0.2, 0.25) is 5.82 Å². The molecule has 1 aromatic heterocycles. The number of alkyl halides is 4. The molecule has 8 nitrogen and oxygen atoms in total. The normalized spacial score (nSPS) is 22.1. The predicted octanol–water partition coefficient (Wildman–Crippen LogP) is 4.61. The summed E-state index contributed by atoms with van der Waals surface area (Å²) in [6.07, 6.45) is -5.56. The lowest BCUT2D eigenvalue weighted by atomic mass is 10.1. The van der Waals surface area contributed by atoms with Crippen LogP contribution in [0.5, 0.6) is 0 Å². The number of nitrogens with two attached hydrogens (primary N) is 1. The molecule has 0 aliphatic carbocycles. The van der Waals surface area contributed by atoms with Crippen LogP contribution in [0.2, 0.25) is 5.02 Å². The number of methoxy groups -OCH3 is 1. The summed E-state index contributed by atoms with van der Waals surface area (Å²) in [5, 5.41) is 3.79. The van der Waals surface area contributed by atoms with Gasteiger partial charge in [-0.1, -0.05) is 28.9 Å². The van der Waals surface area contributed by atoms with Crippen molar-refractivity contribution in [1.82, 2.24) is 10.1 Å². The second-order valence-electron chi connectivity index (χ2n) is 8.13. The SMILES string of the molecule is COC(F)(c1nc(-c2cc3c(cc2F)S(=N)(=O)C[C@H](N)CN3Cc2ccc(Cl)cc2)no1)C(F)(F)F. The summed E-state index contributed by atoms with van der Waals surface area (Å²) in [5.74, 6) is -8.04. The summed E-state index contributed by atoms with van der Waals surface area (Å²) >= 11 is 5.93. The fourth-order valence-electron chi connectivity index (χ4n) is 3.80. The zero-order valence-corrected chi connectivity index (χ0v) is 20.1. The molecule has 194 valence electrons. The minimum absolute atomic E-state index is 0.124. The summed E-state index contributed by atoms with van der Waals surface area (Å²) in [5.41, 5.74) is 6.53. The van der Waals surface area contributed by atoms with E-state index in [1.165, 1.54) is 0 Å². The van der Waals surface area contributed by atoms with Gasteiger partial charge in [0.25, 0.3) is 0 Å².